The van der Waals surface area contributed by atoms with Gasteiger partial charge >= 0.3 is 0 Å². The minimum atomic E-state index is -3.69. The van der Waals surface area contributed by atoms with E-state index >= 15 is 0 Å². The minimum absolute atomic E-state index is 0.247. The monoisotopic (exact) mass is 337 g/mol. The summed E-state index contributed by atoms with van der Waals surface area (Å²) in [5.41, 5.74) is -2.57. The van der Waals surface area contributed by atoms with Crippen LogP contribution in [0.5, 0.6) is 0 Å². The normalized spacial score (nSPS) is 17.1. The van der Waals surface area contributed by atoms with Crippen LogP contribution in [0.1, 0.15) is 39.7 Å². The van der Waals surface area contributed by atoms with E-state index in [1.807, 2.05) is 0 Å². The Hall–Kier alpha value is -0.920. The highest BCUT2D eigenvalue weighted by atomic mass is 32.2. The molecule has 0 heterocycles. The molecule has 0 unspecified atom stereocenters. The van der Waals surface area contributed by atoms with Gasteiger partial charge in [0.1, 0.15) is 18.0 Å². The van der Waals surface area contributed by atoms with E-state index in [4.69, 9.17) is 5.11 Å². The molecule has 1 aromatic carbocycles. The lowest BCUT2D eigenvalue weighted by Gasteiger charge is -2.41. The zero-order chi connectivity index (χ0) is 17.2. The lowest BCUT2D eigenvalue weighted by Crippen LogP contribution is -2.60. The van der Waals surface area contributed by atoms with Gasteiger partial charge in [-0.3, -0.25) is 0 Å². The number of benzene rings is 1. The number of aliphatic hydroxyl groups excluding tert-OH is 1. The first kappa shape index (κ1) is 19.1. The average Bonchev–Trinajstić information content (AvgIpc) is 2.44. The second-order valence-corrected chi connectivity index (χ2v) is 8.05. The van der Waals surface area contributed by atoms with Crippen molar-refractivity contribution in [1.29, 1.82) is 0 Å². The van der Waals surface area contributed by atoms with Gasteiger partial charge in [-0.25, -0.2) is 22.1 Å². The number of hydrogen-bond donors (Lipinski definition) is 2. The fourth-order valence-corrected chi connectivity index (χ4v) is 3.13. The molecule has 7 heteroatoms. The number of halogens is 3. The zero-order valence-electron chi connectivity index (χ0n) is 13.1. The zero-order valence-corrected chi connectivity index (χ0v) is 13.9. The molecule has 0 saturated heterocycles. The van der Waals surface area contributed by atoms with Crippen LogP contribution in [0.25, 0.3) is 0 Å². The molecule has 1 aromatic rings. The van der Waals surface area contributed by atoms with E-state index in [1.165, 1.54) is 25.1 Å². The maximum absolute atomic E-state index is 14.5. The fraction of sp³-hybridized carbons (Fsp3) is 0.600. The molecule has 0 spiro atoms. The summed E-state index contributed by atoms with van der Waals surface area (Å²) in [5.74, 6) is -4.53. The highest BCUT2D eigenvalue weighted by molar-refractivity contribution is 7.84. The van der Waals surface area contributed by atoms with Gasteiger partial charge in [0.05, 0.1) is 15.7 Å². The van der Waals surface area contributed by atoms with Crippen molar-refractivity contribution in [3.05, 3.63) is 35.6 Å². The summed E-state index contributed by atoms with van der Waals surface area (Å²) in [5, 5.41) is 9.12. The van der Waals surface area contributed by atoms with Gasteiger partial charge < -0.3 is 5.11 Å². The molecule has 2 N–H and O–H groups in total. The third-order valence-electron chi connectivity index (χ3n) is 3.51. The van der Waals surface area contributed by atoms with Crippen LogP contribution in [-0.2, 0) is 16.5 Å². The Labute approximate surface area is 131 Å². The second-order valence-electron chi connectivity index (χ2n) is 6.08. The Bertz CT molecular complexity index is 546. The molecular weight excluding hydrogens is 315 g/mol. The van der Waals surface area contributed by atoms with Crippen molar-refractivity contribution in [2.45, 2.75) is 50.3 Å². The summed E-state index contributed by atoms with van der Waals surface area (Å²) in [6.07, 6.45) is -0.247. The van der Waals surface area contributed by atoms with Crippen LogP contribution in [0.3, 0.4) is 0 Å². The average molecular weight is 337 g/mol. The summed E-state index contributed by atoms with van der Waals surface area (Å²) < 4.78 is 57.0. The van der Waals surface area contributed by atoms with Crippen LogP contribution in [0, 0.1) is 5.82 Å². The molecule has 0 radical (unpaired) electrons. The van der Waals surface area contributed by atoms with E-state index in [9.17, 15) is 17.4 Å². The lowest BCUT2D eigenvalue weighted by atomic mass is 9.82. The van der Waals surface area contributed by atoms with Gasteiger partial charge in [0.15, 0.2) is 0 Å². The number of alkyl halides is 2. The van der Waals surface area contributed by atoms with Crippen LogP contribution in [0.4, 0.5) is 13.2 Å². The summed E-state index contributed by atoms with van der Waals surface area (Å²) in [6.45, 7) is 4.81. The van der Waals surface area contributed by atoms with Gasteiger partial charge in [0.2, 0.25) is 0 Å². The first-order chi connectivity index (χ1) is 10.0. The third-order valence-corrected chi connectivity index (χ3v) is 5.16. The summed E-state index contributed by atoms with van der Waals surface area (Å²) in [4.78, 5) is 0. The molecular formula is C15H22F3NO2S. The van der Waals surface area contributed by atoms with Gasteiger partial charge in [-0.2, -0.15) is 0 Å². The Morgan fingerprint density at radius 3 is 2.18 bits per heavy atom. The number of aliphatic hydroxyl groups is 1. The van der Waals surface area contributed by atoms with E-state index < -0.39 is 39.6 Å². The standard InChI is InChI=1S/C15H22F3NO2S/c1-5-14(15(17,18)10-20,19-22(21)13(2,3)4)11-8-6-7-9-12(11)16/h6-9,19-20H,5,10H2,1-4H3/t14-,22-/m1/s1. The quantitative estimate of drug-likeness (QED) is 0.838. The Morgan fingerprint density at radius 1 is 1.23 bits per heavy atom. The molecule has 0 bridgehead atoms. The van der Waals surface area contributed by atoms with Crippen LogP contribution in [0.15, 0.2) is 24.3 Å². The number of nitrogens with one attached hydrogen (secondary N) is 1. The first-order valence-electron chi connectivity index (χ1n) is 6.95. The largest absolute Gasteiger partial charge is 0.390 e. The van der Waals surface area contributed by atoms with E-state index in [-0.39, 0.29) is 12.0 Å². The van der Waals surface area contributed by atoms with Crippen LogP contribution >= 0.6 is 0 Å². The molecule has 0 aliphatic rings. The van der Waals surface area contributed by atoms with Crippen molar-refractivity contribution in [3.8, 4) is 0 Å². The van der Waals surface area contributed by atoms with Crippen molar-refractivity contribution < 1.29 is 22.5 Å². The number of hydrogen-bond acceptors (Lipinski definition) is 2. The molecule has 0 amide bonds. The van der Waals surface area contributed by atoms with Gasteiger partial charge in [-0.05, 0) is 33.3 Å². The van der Waals surface area contributed by atoms with Crippen LogP contribution in [-0.4, -0.2) is 26.6 Å². The SMILES string of the molecule is CC[C@@](N[S@](=O)C(C)(C)C)(c1ccccc1F)C(F)(F)CO. The van der Waals surface area contributed by atoms with Crippen molar-refractivity contribution in [3.63, 3.8) is 0 Å². The van der Waals surface area contributed by atoms with Crippen molar-refractivity contribution >= 4 is 11.0 Å². The maximum Gasteiger partial charge on any atom is 0.293 e. The van der Waals surface area contributed by atoms with E-state index in [1.54, 1.807) is 20.8 Å². The summed E-state index contributed by atoms with van der Waals surface area (Å²) >= 11 is 0. The first-order valence-corrected chi connectivity index (χ1v) is 8.10. The molecule has 126 valence electrons. The summed E-state index contributed by atoms with van der Waals surface area (Å²) in [7, 11) is -1.87. The maximum atomic E-state index is 14.5. The molecule has 0 aromatic heterocycles. The minimum Gasteiger partial charge on any atom is -0.390 e. The molecule has 0 saturated carbocycles. The molecule has 22 heavy (non-hydrogen) atoms. The topological polar surface area (TPSA) is 49.3 Å². The van der Waals surface area contributed by atoms with Gasteiger partial charge in [0.25, 0.3) is 5.92 Å². The molecule has 3 nitrogen and oxygen atoms in total. The molecule has 0 aliphatic carbocycles. The smallest absolute Gasteiger partial charge is 0.293 e. The predicted molar refractivity (Wildman–Crippen MR) is 81.4 cm³/mol. The Kier molecular flexibility index (Phi) is 5.81. The van der Waals surface area contributed by atoms with Crippen LogP contribution < -0.4 is 4.72 Å². The molecule has 2 atom stereocenters. The van der Waals surface area contributed by atoms with Crippen molar-refractivity contribution in [2.24, 2.45) is 0 Å². The second kappa shape index (κ2) is 6.68. The van der Waals surface area contributed by atoms with Crippen LogP contribution in [0.2, 0.25) is 0 Å². The van der Waals surface area contributed by atoms with E-state index in [0.717, 1.165) is 6.07 Å². The summed E-state index contributed by atoms with van der Waals surface area (Å²) in [6, 6.07) is 5.10. The Balaban J connectivity index is 3.51. The van der Waals surface area contributed by atoms with Crippen molar-refractivity contribution in [1.82, 2.24) is 4.72 Å². The highest BCUT2D eigenvalue weighted by Gasteiger charge is 2.56. The predicted octanol–water partition coefficient (Wildman–Crippen LogP) is 3.11. The fourth-order valence-electron chi connectivity index (χ4n) is 2.10. The van der Waals surface area contributed by atoms with E-state index in [2.05, 4.69) is 4.72 Å². The molecule has 0 aliphatic heterocycles. The Morgan fingerprint density at radius 2 is 1.77 bits per heavy atom. The molecule has 0 fully saturated rings. The van der Waals surface area contributed by atoms with E-state index in [0.29, 0.717) is 0 Å². The van der Waals surface area contributed by atoms with Gasteiger partial charge in [0, 0.05) is 5.56 Å². The van der Waals surface area contributed by atoms with Gasteiger partial charge in [-0.15, -0.1) is 0 Å². The molecule has 1 rings (SSSR count). The third kappa shape index (κ3) is 3.52. The van der Waals surface area contributed by atoms with Crippen molar-refractivity contribution in [2.75, 3.05) is 6.61 Å². The number of rotatable bonds is 6. The highest BCUT2D eigenvalue weighted by Crippen LogP contribution is 2.42. The van der Waals surface area contributed by atoms with Gasteiger partial charge in [-0.1, -0.05) is 25.1 Å². The lowest BCUT2D eigenvalue weighted by molar-refractivity contribution is -0.122.